The minimum atomic E-state index is -1.75. The molecule has 0 aliphatic heterocycles. The average molecular weight is 208 g/mol. The molecule has 0 fully saturated rings. The van der Waals surface area contributed by atoms with Crippen LogP contribution in [-0.4, -0.2) is 10.2 Å². The third-order valence-electron chi connectivity index (χ3n) is 1.75. The Hall–Kier alpha value is -0.843. The highest BCUT2D eigenvalue weighted by Gasteiger charge is 2.19. The quantitative estimate of drug-likeness (QED) is 0.285. The first-order valence-corrected chi connectivity index (χ1v) is 4.93. The van der Waals surface area contributed by atoms with E-state index in [1.807, 2.05) is 0 Å². The minimum Gasteiger partial charge on any atom is -0.204 e. The monoisotopic (exact) mass is 208 g/mol. The summed E-state index contributed by atoms with van der Waals surface area (Å²) < 4.78 is 50.6. The fourth-order valence-electron chi connectivity index (χ4n) is 1.01. The van der Waals surface area contributed by atoms with Gasteiger partial charge in [0, 0.05) is 10.2 Å². The summed E-state index contributed by atoms with van der Waals surface area (Å²) in [6.45, 7) is 1.63. The average Bonchev–Trinajstić information content (AvgIpc) is 2.07. The summed E-state index contributed by atoms with van der Waals surface area (Å²) in [4.78, 5) is 0. The third-order valence-corrected chi connectivity index (χ3v) is 2.37. The highest BCUT2D eigenvalue weighted by atomic mass is 28.1. The molecule has 13 heavy (non-hydrogen) atoms. The van der Waals surface area contributed by atoms with Crippen molar-refractivity contribution in [1.29, 1.82) is 0 Å². The summed E-state index contributed by atoms with van der Waals surface area (Å²) in [6.07, 6.45) is 0. The van der Waals surface area contributed by atoms with Crippen LogP contribution in [0.2, 0.25) is 0 Å². The van der Waals surface area contributed by atoms with Crippen LogP contribution in [0.1, 0.15) is 18.0 Å². The number of rotatable bonds is 1. The Bertz CT molecular complexity index is 335. The molecule has 1 aromatic rings. The van der Waals surface area contributed by atoms with Gasteiger partial charge in [0.25, 0.3) is 0 Å². The van der Waals surface area contributed by atoms with Crippen LogP contribution >= 0.6 is 0 Å². The SMILES string of the molecule is CC([SiH3])c1cc(F)c(F)c(F)c1F. The second kappa shape index (κ2) is 3.49. The summed E-state index contributed by atoms with van der Waals surface area (Å²) in [5.74, 6) is -6.08. The van der Waals surface area contributed by atoms with Gasteiger partial charge >= 0.3 is 0 Å². The second-order valence-corrected chi connectivity index (χ2v) is 4.78. The van der Waals surface area contributed by atoms with Gasteiger partial charge in [0.05, 0.1) is 0 Å². The van der Waals surface area contributed by atoms with Crippen molar-refractivity contribution in [3.8, 4) is 0 Å². The van der Waals surface area contributed by atoms with Crippen LogP contribution in [0, 0.1) is 23.3 Å². The van der Waals surface area contributed by atoms with E-state index >= 15 is 0 Å². The van der Waals surface area contributed by atoms with Gasteiger partial charge in [0.1, 0.15) is 0 Å². The van der Waals surface area contributed by atoms with E-state index in [4.69, 9.17) is 0 Å². The first-order valence-electron chi connectivity index (χ1n) is 3.78. The molecular formula is C8H8F4Si. The van der Waals surface area contributed by atoms with E-state index in [1.54, 1.807) is 6.92 Å². The van der Waals surface area contributed by atoms with E-state index in [2.05, 4.69) is 0 Å². The second-order valence-electron chi connectivity index (χ2n) is 3.04. The highest BCUT2D eigenvalue weighted by molar-refractivity contribution is 6.12. The topological polar surface area (TPSA) is 0 Å². The molecule has 0 bridgehead atoms. The lowest BCUT2D eigenvalue weighted by molar-refractivity contribution is 0.404. The van der Waals surface area contributed by atoms with Crippen molar-refractivity contribution in [2.24, 2.45) is 0 Å². The molecule has 1 atom stereocenters. The van der Waals surface area contributed by atoms with Gasteiger partial charge in [-0.05, 0) is 17.2 Å². The zero-order valence-corrected chi connectivity index (χ0v) is 9.17. The molecule has 0 heterocycles. The summed E-state index contributed by atoms with van der Waals surface area (Å²) >= 11 is 0. The van der Waals surface area contributed by atoms with Gasteiger partial charge in [-0.2, -0.15) is 0 Å². The standard InChI is InChI=1S/C8H8F4Si/c1-3(13)4-2-5(9)7(11)8(12)6(4)10/h2-3H,1,13H3. The summed E-state index contributed by atoms with van der Waals surface area (Å²) in [5, 5.41) is 0. The Kier molecular flexibility index (Phi) is 2.75. The van der Waals surface area contributed by atoms with Gasteiger partial charge in [0.2, 0.25) is 0 Å². The smallest absolute Gasteiger partial charge is 0.197 e. The molecule has 72 valence electrons. The van der Waals surface area contributed by atoms with Crippen LogP contribution in [0.3, 0.4) is 0 Å². The van der Waals surface area contributed by atoms with Gasteiger partial charge < -0.3 is 0 Å². The summed E-state index contributed by atoms with van der Waals surface area (Å²) in [7, 11) is 0.553. The van der Waals surface area contributed by atoms with E-state index in [9.17, 15) is 17.6 Å². The van der Waals surface area contributed by atoms with Crippen molar-refractivity contribution >= 4 is 10.2 Å². The van der Waals surface area contributed by atoms with Crippen molar-refractivity contribution in [3.05, 3.63) is 34.9 Å². The number of hydrogen-bond donors (Lipinski definition) is 0. The molecule has 0 aromatic heterocycles. The maximum Gasteiger partial charge on any atom is 0.197 e. The van der Waals surface area contributed by atoms with Gasteiger partial charge in [0.15, 0.2) is 23.3 Å². The molecule has 1 aromatic carbocycles. The van der Waals surface area contributed by atoms with Crippen LogP contribution in [0.5, 0.6) is 0 Å². The largest absolute Gasteiger partial charge is 0.204 e. The predicted molar refractivity (Wildman–Crippen MR) is 44.6 cm³/mol. The normalized spacial score (nSPS) is 13.3. The number of hydrogen-bond acceptors (Lipinski definition) is 0. The fraction of sp³-hybridized carbons (Fsp3) is 0.250. The number of benzene rings is 1. The van der Waals surface area contributed by atoms with Crippen molar-refractivity contribution in [1.82, 2.24) is 0 Å². The van der Waals surface area contributed by atoms with E-state index in [0.717, 1.165) is 0 Å². The maximum absolute atomic E-state index is 12.9. The molecule has 0 aliphatic rings. The van der Waals surface area contributed by atoms with Gasteiger partial charge in [-0.25, -0.2) is 17.6 Å². The van der Waals surface area contributed by atoms with Crippen LogP contribution in [0.25, 0.3) is 0 Å². The molecule has 5 heteroatoms. The predicted octanol–water partition coefficient (Wildman–Crippen LogP) is 1.67. The first kappa shape index (κ1) is 10.2. The summed E-state index contributed by atoms with van der Waals surface area (Å²) in [6, 6.07) is 0.714. The van der Waals surface area contributed by atoms with Gasteiger partial charge in [-0.3, -0.25) is 0 Å². The third kappa shape index (κ3) is 1.74. The van der Waals surface area contributed by atoms with Crippen molar-refractivity contribution in [2.45, 2.75) is 12.5 Å². The van der Waals surface area contributed by atoms with Crippen LogP contribution in [0.4, 0.5) is 17.6 Å². The van der Waals surface area contributed by atoms with Gasteiger partial charge in [-0.1, -0.05) is 6.92 Å². The van der Waals surface area contributed by atoms with E-state index in [-0.39, 0.29) is 11.1 Å². The fourth-order valence-corrected chi connectivity index (χ4v) is 1.43. The van der Waals surface area contributed by atoms with Crippen molar-refractivity contribution in [2.75, 3.05) is 0 Å². The van der Waals surface area contributed by atoms with Crippen LogP contribution in [0.15, 0.2) is 6.07 Å². The lowest BCUT2D eigenvalue weighted by Crippen LogP contribution is -2.04. The van der Waals surface area contributed by atoms with Crippen LogP contribution < -0.4 is 0 Å². The maximum atomic E-state index is 12.9. The Morgan fingerprint density at radius 1 is 1.08 bits per heavy atom. The molecule has 0 amide bonds. The molecule has 0 spiro atoms. The molecule has 0 saturated heterocycles. The van der Waals surface area contributed by atoms with Gasteiger partial charge in [-0.15, -0.1) is 0 Å². The highest BCUT2D eigenvalue weighted by Crippen LogP contribution is 2.22. The summed E-state index contributed by atoms with van der Waals surface area (Å²) in [5.41, 5.74) is -0.340. The molecular weight excluding hydrogens is 200 g/mol. The molecule has 0 nitrogen and oxygen atoms in total. The number of halogens is 4. The Morgan fingerprint density at radius 3 is 2.08 bits per heavy atom. The van der Waals surface area contributed by atoms with Crippen molar-refractivity contribution in [3.63, 3.8) is 0 Å². The molecule has 0 aliphatic carbocycles. The molecule has 1 unspecified atom stereocenters. The van der Waals surface area contributed by atoms with E-state index in [1.165, 1.54) is 0 Å². The Labute approximate surface area is 76.0 Å². The Balaban J connectivity index is 3.41. The van der Waals surface area contributed by atoms with E-state index in [0.29, 0.717) is 16.3 Å². The Morgan fingerprint density at radius 2 is 1.62 bits per heavy atom. The minimum absolute atomic E-state index is 0.0944. The van der Waals surface area contributed by atoms with Crippen molar-refractivity contribution < 1.29 is 17.6 Å². The zero-order chi connectivity index (χ0) is 10.2. The van der Waals surface area contributed by atoms with Crippen LogP contribution in [-0.2, 0) is 0 Å². The first-order chi connectivity index (χ1) is 5.95. The molecule has 0 radical (unpaired) electrons. The molecule has 0 saturated carbocycles. The van der Waals surface area contributed by atoms with E-state index < -0.39 is 23.3 Å². The zero-order valence-electron chi connectivity index (χ0n) is 7.17. The lowest BCUT2D eigenvalue weighted by atomic mass is 10.1. The molecule has 0 N–H and O–H groups in total. The molecule has 1 rings (SSSR count). The lowest BCUT2D eigenvalue weighted by Gasteiger charge is -2.08.